The fraction of sp³-hybridized carbons (Fsp3) is 0.0154. The van der Waals surface area contributed by atoms with Gasteiger partial charge in [0.2, 0.25) is 0 Å². The highest BCUT2D eigenvalue weighted by atomic mass is 15.1. The van der Waals surface area contributed by atoms with Crippen LogP contribution in [0.25, 0.3) is 77.5 Å². The van der Waals surface area contributed by atoms with Gasteiger partial charge in [-0.3, -0.25) is 0 Å². The van der Waals surface area contributed by atoms with E-state index in [9.17, 15) is 31.5 Å². The summed E-state index contributed by atoms with van der Waals surface area (Å²) >= 11 is 0. The Bertz CT molecular complexity index is 5880. The van der Waals surface area contributed by atoms with E-state index in [1.165, 1.54) is 0 Å². The molecule has 0 saturated heterocycles. The van der Waals surface area contributed by atoms with E-state index in [-0.39, 0.29) is 4.90 Å². The summed E-state index contributed by atoms with van der Waals surface area (Å²) in [4.78, 5) is 0.229. The van der Waals surface area contributed by atoms with Crippen molar-refractivity contribution in [2.45, 2.75) is 5.41 Å². The summed E-state index contributed by atoms with van der Waals surface area (Å²) in [5, 5.41) is -1.28. The Hall–Kier alpha value is -8.52. The van der Waals surface area contributed by atoms with Crippen molar-refractivity contribution in [1.29, 1.82) is 0 Å². The fourth-order valence-electron chi connectivity index (χ4n) is 8.44. The van der Waals surface area contributed by atoms with E-state index < -0.39 is 364 Å². The van der Waals surface area contributed by atoms with Gasteiger partial charge < -0.3 is 4.90 Å². The van der Waals surface area contributed by atoms with Crippen LogP contribution >= 0.6 is 0 Å². The zero-order valence-electron chi connectivity index (χ0n) is 73.2. The number of hydrogen-bond acceptors (Lipinski definition) is 1. The highest BCUT2D eigenvalue weighted by Gasteiger charge is 2.52. The minimum Gasteiger partial charge on any atom is -0.310 e. The number of fused-ring (bicyclic) bond motifs is 11. The SMILES string of the molecule is [2H]c1cc([2H])c(-c2c([2H])c([2H])c(N(c3c([2H])c([2H])c(-c4c([2H])c([2H])c([2H])c([2H])c4[2H])c([2H])c3[2H])c3c([2H])c([2H])c(-c4cc([2H])c([2H])c5c([2H])c([2H])c([2H])c([2H])c45)c([2H])c3[2H])c(-c3c([2H])cc([2H])c4c3-c3c([2H])c([2H])c([2H])c([2H])c3C43c4c([2H])c([2H])c([2H])c([2H])c4-c4c([2H])c([2H])c([2H])c([2H])c43)c2[2H])c([2H])c1[2H]. The first-order valence-electron chi connectivity index (χ1n) is 39.7. The van der Waals surface area contributed by atoms with Crippen LogP contribution in [0, 0.1) is 0 Å². The van der Waals surface area contributed by atoms with E-state index in [0.717, 1.165) is 6.07 Å². The lowest BCUT2D eigenvalue weighted by Gasteiger charge is -2.31. The highest BCUT2D eigenvalue weighted by Crippen LogP contribution is 2.64. The van der Waals surface area contributed by atoms with E-state index in [1.807, 2.05) is 0 Å². The molecule has 0 aliphatic heterocycles. The predicted octanol–water partition coefficient (Wildman–Crippen LogP) is 17.3. The summed E-state index contributed by atoms with van der Waals surface area (Å²) in [6.45, 7) is 0. The van der Waals surface area contributed by atoms with Gasteiger partial charge in [0, 0.05) is 16.9 Å². The van der Waals surface area contributed by atoms with Gasteiger partial charge in [0.05, 0.1) is 65.9 Å². The average molecular weight is 878 g/mol. The predicted molar refractivity (Wildman–Crippen MR) is 277 cm³/mol. The second kappa shape index (κ2) is 15.3. The molecule has 0 radical (unpaired) electrons. The molecule has 0 aromatic heterocycles. The lowest BCUT2D eigenvalue weighted by atomic mass is 9.70. The van der Waals surface area contributed by atoms with E-state index in [1.54, 1.807) is 0 Å². The molecule has 11 aromatic rings. The lowest BCUT2D eigenvalue weighted by molar-refractivity contribution is 0.794. The largest absolute Gasteiger partial charge is 0.310 e. The standard InChI is InChI=1S/C65H43N/c1-3-17-44(18-4-1)46-33-38-50(39-34-46)66(51-40-35-48(36-41-51)53-27-15-22-47-21-7-8-23-52(47)53)63-42-37-49(45-19-5-2-6-20-45)43-58(63)56-28-16-32-62-64(56)57-26-11-14-31-61(57)65(62)59-29-12-9-24-54(59)55-25-10-13-30-60(55)65/h1-43H/i1D,2D,3D,4D,5D,7D,8D,9D,10D,11D,12D,13D,14D,15D,17D,18D,19D,20D,21D,22D,23D,24D,25D,26D,28D,29D,30D,31D,32D,33D,34D,35D,36D,37D,38D,39D,40D,41D,42D,43D. The van der Waals surface area contributed by atoms with Gasteiger partial charge in [0.1, 0.15) is 0 Å². The molecule has 0 unspecified atom stereocenters. The molecule has 308 valence electrons. The van der Waals surface area contributed by atoms with Gasteiger partial charge in [-0.2, -0.15) is 0 Å². The number of anilines is 3. The molecule has 13 rings (SSSR count). The van der Waals surface area contributed by atoms with Crippen molar-refractivity contribution in [2.24, 2.45) is 0 Å². The maximum absolute atomic E-state index is 10.7. The molecule has 1 spiro atoms. The van der Waals surface area contributed by atoms with Crippen molar-refractivity contribution >= 4 is 27.8 Å². The Kier molecular flexibility index (Phi) is 3.55. The number of benzene rings is 11. The van der Waals surface area contributed by atoms with Gasteiger partial charge in [0.25, 0.3) is 0 Å². The van der Waals surface area contributed by atoms with Gasteiger partial charge >= 0.3 is 0 Å². The number of hydrogen-bond donors (Lipinski definition) is 0. The molecule has 0 saturated carbocycles. The Morgan fingerprint density at radius 1 is 0.318 bits per heavy atom. The van der Waals surface area contributed by atoms with Crippen molar-refractivity contribution in [3.63, 3.8) is 0 Å². The summed E-state index contributed by atoms with van der Waals surface area (Å²) in [6, 6.07) is -42.5. The van der Waals surface area contributed by atoms with Crippen LogP contribution in [0.3, 0.4) is 0 Å². The number of nitrogens with zero attached hydrogens (tertiary/aromatic N) is 1. The van der Waals surface area contributed by atoms with E-state index in [2.05, 4.69) is 0 Å². The molecule has 0 amide bonds. The van der Waals surface area contributed by atoms with Crippen LogP contribution in [0.2, 0.25) is 0 Å². The topological polar surface area (TPSA) is 3.24 Å². The lowest BCUT2D eigenvalue weighted by Crippen LogP contribution is -2.25. The molecule has 1 heteroatoms. The Morgan fingerprint density at radius 3 is 1.59 bits per heavy atom. The van der Waals surface area contributed by atoms with Crippen LogP contribution in [0.4, 0.5) is 17.1 Å². The first-order valence-corrected chi connectivity index (χ1v) is 19.7. The van der Waals surface area contributed by atoms with Gasteiger partial charge in [-0.25, -0.2) is 0 Å². The Labute approximate surface area is 442 Å². The molecule has 11 aromatic carbocycles. The molecule has 0 bridgehead atoms. The van der Waals surface area contributed by atoms with Gasteiger partial charge in [0.15, 0.2) is 0 Å². The van der Waals surface area contributed by atoms with Gasteiger partial charge in [-0.15, -0.1) is 0 Å². The molecular weight excluding hydrogens is 795 g/mol. The third-order valence-corrected chi connectivity index (χ3v) is 11.1. The van der Waals surface area contributed by atoms with Crippen molar-refractivity contribution in [3.05, 3.63) is 282 Å². The average Bonchev–Trinajstić information content (AvgIpc) is 1.47. The molecule has 0 N–H and O–H groups in total. The van der Waals surface area contributed by atoms with Gasteiger partial charge in [-0.05, 0) is 130 Å². The summed E-state index contributed by atoms with van der Waals surface area (Å²) in [6.07, 6.45) is 0. The monoisotopic (exact) mass is 878 g/mol. The third kappa shape index (κ3) is 5.80. The first kappa shape index (κ1) is 15.3. The molecule has 66 heavy (non-hydrogen) atoms. The maximum Gasteiger partial charge on any atom is 0.0725 e. The third-order valence-electron chi connectivity index (χ3n) is 11.1. The quantitative estimate of drug-likeness (QED) is 0.154. The maximum atomic E-state index is 10.7. The van der Waals surface area contributed by atoms with E-state index >= 15 is 0 Å². The zero-order valence-corrected chi connectivity index (χ0v) is 33.2. The molecular formula is C65H43N. The Balaban J connectivity index is 1.33. The number of rotatable bonds is 7. The Morgan fingerprint density at radius 2 is 0.864 bits per heavy atom. The molecule has 0 fully saturated rings. The van der Waals surface area contributed by atoms with E-state index in [4.69, 9.17) is 23.3 Å². The van der Waals surface area contributed by atoms with Gasteiger partial charge in [-0.1, -0.05) is 224 Å². The van der Waals surface area contributed by atoms with Crippen molar-refractivity contribution in [2.75, 3.05) is 4.90 Å². The van der Waals surface area contributed by atoms with Crippen molar-refractivity contribution < 1.29 is 54.8 Å². The smallest absolute Gasteiger partial charge is 0.0725 e. The van der Waals surface area contributed by atoms with Crippen LogP contribution < -0.4 is 4.90 Å². The van der Waals surface area contributed by atoms with Crippen LogP contribution in [0.1, 0.15) is 77.1 Å². The fourth-order valence-corrected chi connectivity index (χ4v) is 8.44. The second-order valence-corrected chi connectivity index (χ2v) is 14.4. The molecule has 1 nitrogen and oxygen atoms in total. The first-order chi connectivity index (χ1) is 49.4. The van der Waals surface area contributed by atoms with Crippen molar-refractivity contribution in [1.82, 2.24) is 0 Å². The van der Waals surface area contributed by atoms with Crippen LogP contribution in [-0.2, 0) is 5.41 Å². The molecule has 2 aliphatic carbocycles. The zero-order chi connectivity index (χ0) is 78.4. The van der Waals surface area contributed by atoms with Crippen LogP contribution in [0.15, 0.2) is 260 Å². The van der Waals surface area contributed by atoms with E-state index in [0.29, 0.717) is 12.1 Å². The summed E-state index contributed by atoms with van der Waals surface area (Å²) < 4.78 is 376. The van der Waals surface area contributed by atoms with Crippen LogP contribution in [0.5, 0.6) is 0 Å². The van der Waals surface area contributed by atoms with Crippen LogP contribution in [-0.4, -0.2) is 0 Å². The summed E-state index contributed by atoms with van der Waals surface area (Å²) in [5.41, 5.74) is -21.6. The highest BCUT2D eigenvalue weighted by molar-refractivity contribution is 6.04. The molecule has 0 heterocycles. The molecule has 2 aliphatic rings. The minimum atomic E-state index is -3.06. The summed E-state index contributed by atoms with van der Waals surface area (Å²) in [7, 11) is 0. The summed E-state index contributed by atoms with van der Waals surface area (Å²) in [5.74, 6) is 0. The minimum absolute atomic E-state index is 0.229. The molecule has 0 atom stereocenters. The normalized spacial score (nSPS) is 21.2. The van der Waals surface area contributed by atoms with Crippen molar-refractivity contribution in [3.8, 4) is 66.8 Å². The second-order valence-electron chi connectivity index (χ2n) is 14.4.